The highest BCUT2D eigenvalue weighted by Gasteiger charge is 2.61. The van der Waals surface area contributed by atoms with Crippen LogP contribution in [0.25, 0.3) is 0 Å². The third-order valence-corrected chi connectivity index (χ3v) is 4.07. The predicted octanol–water partition coefficient (Wildman–Crippen LogP) is 4.07. The topological polar surface area (TPSA) is 26.3 Å². The van der Waals surface area contributed by atoms with Crippen LogP contribution in [0.5, 0.6) is 0 Å². The lowest BCUT2D eigenvalue weighted by Gasteiger charge is -2.13. The highest BCUT2D eigenvalue weighted by Crippen LogP contribution is 2.59. The molecule has 1 fully saturated rings. The molecule has 0 aromatic rings. The summed E-state index contributed by atoms with van der Waals surface area (Å²) in [5, 5.41) is 0. The van der Waals surface area contributed by atoms with E-state index >= 15 is 0 Å². The second-order valence-electron chi connectivity index (χ2n) is 5.48. The molecule has 0 radical (unpaired) electrons. The largest absolute Gasteiger partial charge is 0.444 e. The van der Waals surface area contributed by atoms with E-state index in [2.05, 4.69) is 35.7 Å². The van der Waals surface area contributed by atoms with Gasteiger partial charge in [-0.2, -0.15) is 0 Å². The van der Waals surface area contributed by atoms with Gasteiger partial charge in [0.25, 0.3) is 0 Å². The maximum absolute atomic E-state index is 12.2. The van der Waals surface area contributed by atoms with Crippen molar-refractivity contribution in [2.75, 3.05) is 0 Å². The first kappa shape index (κ1) is 16.0. The molecule has 1 aliphatic carbocycles. The lowest BCUT2D eigenvalue weighted by Crippen LogP contribution is -2.20. The molecule has 0 bridgehead atoms. The van der Waals surface area contributed by atoms with Crippen molar-refractivity contribution in [3.63, 3.8) is 0 Å². The molecule has 0 aromatic heterocycles. The van der Waals surface area contributed by atoms with Gasteiger partial charge in [0.2, 0.25) is 0 Å². The first-order chi connectivity index (χ1) is 8.89. The molecule has 3 heteroatoms. The highest BCUT2D eigenvalue weighted by atomic mass is 79.9. The molecule has 1 rings (SSSR count). The third kappa shape index (κ3) is 3.51. The zero-order valence-electron chi connectivity index (χ0n) is 11.9. The molecule has 0 heterocycles. The normalized spacial score (nSPS) is 26.8. The molecule has 104 valence electrons. The Kier molecular flexibility index (Phi) is 5.43. The minimum atomic E-state index is -0.544. The average molecular weight is 325 g/mol. The van der Waals surface area contributed by atoms with Crippen LogP contribution in [0, 0.1) is 29.6 Å². The summed E-state index contributed by atoms with van der Waals surface area (Å²) in [6.07, 6.45) is 9.76. The number of allylic oxidation sites excluding steroid dienone is 2. The van der Waals surface area contributed by atoms with Gasteiger partial charge in [0, 0.05) is 0 Å². The van der Waals surface area contributed by atoms with Gasteiger partial charge in [0.05, 0.1) is 5.92 Å². The smallest absolute Gasteiger partial charge is 0.311 e. The van der Waals surface area contributed by atoms with Gasteiger partial charge < -0.3 is 4.74 Å². The average Bonchev–Trinajstić information content (AvgIpc) is 2.88. The molecule has 1 aliphatic rings. The van der Waals surface area contributed by atoms with E-state index in [4.69, 9.17) is 11.2 Å². The fourth-order valence-corrected chi connectivity index (χ4v) is 2.77. The van der Waals surface area contributed by atoms with Crippen molar-refractivity contribution < 1.29 is 9.53 Å². The molecular formula is C16H21BrO2. The summed E-state index contributed by atoms with van der Waals surface area (Å²) in [5.41, 5.74) is 0.868. The Bertz CT molecular complexity index is 440. The molecule has 3 atom stereocenters. The highest BCUT2D eigenvalue weighted by molar-refractivity contribution is 9.11. The summed E-state index contributed by atoms with van der Waals surface area (Å²) >= 11 is 3.25. The Hall–Kier alpha value is -1.01. The minimum Gasteiger partial charge on any atom is -0.444 e. The van der Waals surface area contributed by atoms with Crippen molar-refractivity contribution in [1.29, 1.82) is 0 Å². The minimum absolute atomic E-state index is 0.0527. The van der Waals surface area contributed by atoms with Crippen LogP contribution >= 0.6 is 15.9 Å². The molecule has 19 heavy (non-hydrogen) atoms. The van der Waals surface area contributed by atoms with Crippen LogP contribution < -0.4 is 0 Å². The maximum Gasteiger partial charge on any atom is 0.311 e. The number of rotatable bonds is 5. The van der Waals surface area contributed by atoms with Gasteiger partial charge in [-0.15, -0.1) is 6.42 Å². The first-order valence-electron chi connectivity index (χ1n) is 6.50. The van der Waals surface area contributed by atoms with E-state index in [0.29, 0.717) is 0 Å². The lowest BCUT2D eigenvalue weighted by molar-refractivity contribution is -0.147. The Labute approximate surface area is 124 Å². The quantitative estimate of drug-likeness (QED) is 0.433. The number of hydrogen-bond donors (Lipinski definition) is 0. The van der Waals surface area contributed by atoms with E-state index in [1.54, 1.807) is 4.99 Å². The molecule has 1 saturated carbocycles. The summed E-state index contributed by atoms with van der Waals surface area (Å²) in [6.45, 7) is 8.06. The fourth-order valence-electron chi connectivity index (χ4n) is 2.44. The number of carbonyl (C=O) groups is 1. The molecule has 0 aliphatic heterocycles. The number of ether oxygens (including phenoxy) is 1. The summed E-state index contributed by atoms with van der Waals surface area (Å²) in [5.74, 6) is 2.45. The third-order valence-electron chi connectivity index (χ3n) is 3.77. The van der Waals surface area contributed by atoms with E-state index in [0.717, 1.165) is 12.0 Å². The summed E-state index contributed by atoms with van der Waals surface area (Å²) in [7, 11) is 0. The van der Waals surface area contributed by atoms with Crippen molar-refractivity contribution in [1.82, 2.24) is 0 Å². The van der Waals surface area contributed by atoms with E-state index in [9.17, 15) is 4.79 Å². The Morgan fingerprint density at radius 1 is 1.58 bits per heavy atom. The Balaban J connectivity index is 2.71. The van der Waals surface area contributed by atoms with Gasteiger partial charge in [0.15, 0.2) is 6.10 Å². The van der Waals surface area contributed by atoms with Crippen LogP contribution in [0.2, 0.25) is 0 Å². The van der Waals surface area contributed by atoms with Crippen LogP contribution in [0.1, 0.15) is 34.1 Å². The van der Waals surface area contributed by atoms with Crippen molar-refractivity contribution in [3.05, 3.63) is 22.7 Å². The first-order valence-corrected chi connectivity index (χ1v) is 7.41. The molecule has 0 aromatic carbocycles. The van der Waals surface area contributed by atoms with E-state index in [-0.39, 0.29) is 23.2 Å². The van der Waals surface area contributed by atoms with E-state index in [1.165, 1.54) is 0 Å². The summed E-state index contributed by atoms with van der Waals surface area (Å²) in [6, 6.07) is 0. The SMILES string of the molecule is C#CC(OC(=O)[C@H]1[C@@H](/C=C/Br)C1(C)C)/C(C)=C/CC. The zero-order chi connectivity index (χ0) is 14.6. The van der Waals surface area contributed by atoms with Crippen molar-refractivity contribution >= 4 is 21.9 Å². The molecule has 1 unspecified atom stereocenters. The molecule has 0 saturated heterocycles. The van der Waals surface area contributed by atoms with Crippen LogP contribution in [-0.2, 0) is 9.53 Å². The van der Waals surface area contributed by atoms with Crippen molar-refractivity contribution in [2.45, 2.75) is 40.2 Å². The van der Waals surface area contributed by atoms with Crippen LogP contribution in [0.3, 0.4) is 0 Å². The van der Waals surface area contributed by atoms with Crippen LogP contribution in [0.15, 0.2) is 22.7 Å². The van der Waals surface area contributed by atoms with Crippen molar-refractivity contribution in [3.8, 4) is 12.3 Å². The van der Waals surface area contributed by atoms with Gasteiger partial charge in [-0.25, -0.2) is 0 Å². The second kappa shape index (κ2) is 6.43. The number of halogens is 1. The van der Waals surface area contributed by atoms with Crippen LogP contribution in [-0.4, -0.2) is 12.1 Å². The van der Waals surface area contributed by atoms with Gasteiger partial charge in [-0.1, -0.05) is 54.8 Å². The van der Waals surface area contributed by atoms with Gasteiger partial charge in [-0.3, -0.25) is 4.79 Å². The lowest BCUT2D eigenvalue weighted by atomic mass is 10.1. The fraction of sp³-hybridized carbons (Fsp3) is 0.562. The number of carbonyl (C=O) groups excluding carboxylic acids is 1. The molecular weight excluding hydrogens is 304 g/mol. The maximum atomic E-state index is 12.2. The number of terminal acetylenes is 1. The number of hydrogen-bond acceptors (Lipinski definition) is 2. The zero-order valence-corrected chi connectivity index (χ0v) is 13.5. The Morgan fingerprint density at radius 2 is 2.21 bits per heavy atom. The van der Waals surface area contributed by atoms with E-state index in [1.807, 2.05) is 26.0 Å². The van der Waals surface area contributed by atoms with Gasteiger partial charge in [0.1, 0.15) is 0 Å². The number of esters is 1. The van der Waals surface area contributed by atoms with Gasteiger partial charge >= 0.3 is 5.97 Å². The van der Waals surface area contributed by atoms with E-state index < -0.39 is 6.10 Å². The molecule has 0 spiro atoms. The standard InChI is InChI=1S/C16H21BrO2/c1-6-8-11(3)13(7-2)19-15(18)14-12(9-10-17)16(14,4)5/h2,8-10,12-14H,6H2,1,3-5H3/b10-9+,11-8+/t12-,13?,14-/m1/s1. The predicted molar refractivity (Wildman–Crippen MR) is 81.6 cm³/mol. The monoisotopic (exact) mass is 324 g/mol. The summed E-state index contributed by atoms with van der Waals surface area (Å²) in [4.78, 5) is 14.0. The molecule has 0 amide bonds. The van der Waals surface area contributed by atoms with Crippen LogP contribution in [0.4, 0.5) is 0 Å². The van der Waals surface area contributed by atoms with Crippen molar-refractivity contribution in [2.24, 2.45) is 17.3 Å². The second-order valence-corrected chi connectivity index (χ2v) is 6.01. The Morgan fingerprint density at radius 3 is 2.68 bits per heavy atom. The summed E-state index contributed by atoms with van der Waals surface area (Å²) < 4.78 is 5.46. The molecule has 2 nitrogen and oxygen atoms in total. The van der Waals surface area contributed by atoms with Gasteiger partial charge in [-0.05, 0) is 35.2 Å². The molecule has 0 N–H and O–H groups in total.